The quantitative estimate of drug-likeness (QED) is 0.496. The van der Waals surface area contributed by atoms with E-state index in [1.54, 1.807) is 0 Å². The molecule has 10 heavy (non-hydrogen) atoms. The van der Waals surface area contributed by atoms with Crippen LogP contribution in [0.25, 0.3) is 0 Å². The van der Waals surface area contributed by atoms with E-state index >= 15 is 0 Å². The van der Waals surface area contributed by atoms with E-state index in [2.05, 4.69) is 16.5 Å². The molecule has 0 atom stereocenters. The highest BCUT2D eigenvalue weighted by molar-refractivity contribution is 5.03. The monoisotopic (exact) mass is 138 g/mol. The lowest BCUT2D eigenvalue weighted by Crippen LogP contribution is -2.11. The molecule has 0 fully saturated rings. The van der Waals surface area contributed by atoms with Crippen LogP contribution in [0.4, 0.5) is 0 Å². The molecule has 51 valence electrons. The molecule has 0 amide bonds. The average molecular weight is 138 g/mol. The van der Waals surface area contributed by atoms with Gasteiger partial charge in [-0.1, -0.05) is 0 Å². The summed E-state index contributed by atoms with van der Waals surface area (Å²) in [6, 6.07) is 2.68. The van der Waals surface area contributed by atoms with Crippen LogP contribution in [0.1, 0.15) is 0 Å². The molecule has 1 aromatic rings. The first-order valence-electron chi connectivity index (χ1n) is 2.74. The number of fused-ring (bicyclic) bond motifs is 1. The molecule has 1 aromatic heterocycles. The molecule has 0 unspecified atom stereocenters. The van der Waals surface area contributed by atoms with Crippen molar-refractivity contribution >= 4 is 0 Å². The van der Waals surface area contributed by atoms with Gasteiger partial charge in [-0.05, 0) is 0 Å². The number of rotatable bonds is 0. The maximum Gasteiger partial charge on any atom is 0.320 e. The number of nitrogens with zero attached hydrogens (tertiary/aromatic N) is 2. The van der Waals surface area contributed by atoms with E-state index in [1.165, 1.54) is 10.9 Å². The zero-order valence-electron chi connectivity index (χ0n) is 5.00. The largest absolute Gasteiger partial charge is 0.441 e. The summed E-state index contributed by atoms with van der Waals surface area (Å²) in [6.07, 6.45) is 1.46. The van der Waals surface area contributed by atoms with E-state index in [0.29, 0.717) is 12.7 Å². The van der Waals surface area contributed by atoms with Crippen molar-refractivity contribution in [1.82, 2.24) is 9.66 Å². The van der Waals surface area contributed by atoms with Gasteiger partial charge >= 0.3 is 6.01 Å². The van der Waals surface area contributed by atoms with Crippen LogP contribution in [0, 0.1) is 6.07 Å². The Bertz CT molecular complexity index is 306. The van der Waals surface area contributed by atoms with E-state index in [0.717, 1.165) is 0 Å². The van der Waals surface area contributed by atoms with Crippen LogP contribution < -0.4 is 15.7 Å². The third-order valence-electron chi connectivity index (χ3n) is 1.16. The van der Waals surface area contributed by atoms with E-state index in [4.69, 9.17) is 4.74 Å². The van der Waals surface area contributed by atoms with Crippen LogP contribution in [0.5, 0.6) is 6.01 Å². The number of hydrogen-bond acceptors (Lipinski definition) is 4. The van der Waals surface area contributed by atoms with Gasteiger partial charge in [0, 0.05) is 6.20 Å². The van der Waals surface area contributed by atoms with Crippen molar-refractivity contribution in [2.45, 2.75) is 0 Å². The van der Waals surface area contributed by atoms with Gasteiger partial charge in [-0.15, -0.1) is 0 Å². The Morgan fingerprint density at radius 3 is 3.70 bits per heavy atom. The van der Waals surface area contributed by atoms with Crippen molar-refractivity contribution in [3.05, 3.63) is 22.6 Å². The molecule has 1 aliphatic rings. The highest BCUT2D eigenvalue weighted by atomic mass is 16.5. The molecule has 0 saturated heterocycles. The van der Waals surface area contributed by atoms with E-state index in [1.807, 2.05) is 0 Å². The van der Waals surface area contributed by atoms with Crippen molar-refractivity contribution in [3.63, 3.8) is 0 Å². The summed E-state index contributed by atoms with van der Waals surface area (Å²) in [6.45, 7) is 0.351. The van der Waals surface area contributed by atoms with Crippen molar-refractivity contribution in [3.8, 4) is 6.01 Å². The summed E-state index contributed by atoms with van der Waals surface area (Å²) in [4.78, 5) is 14.1. The molecule has 2 heterocycles. The third kappa shape index (κ3) is 0.637. The molecule has 0 saturated carbocycles. The van der Waals surface area contributed by atoms with Crippen LogP contribution in [0.2, 0.25) is 0 Å². The smallest absolute Gasteiger partial charge is 0.320 e. The normalized spacial score (nSPS) is 13.6. The molecular formula is C5H4N3O2. The number of aromatic nitrogens is 2. The van der Waals surface area contributed by atoms with Gasteiger partial charge in [0.05, 0.1) is 6.07 Å². The van der Waals surface area contributed by atoms with Crippen molar-refractivity contribution in [2.75, 3.05) is 12.2 Å². The molecule has 5 nitrogen and oxygen atoms in total. The Morgan fingerprint density at radius 2 is 2.80 bits per heavy atom. The summed E-state index contributed by atoms with van der Waals surface area (Å²) < 4.78 is 6.40. The summed E-state index contributed by atoms with van der Waals surface area (Å²) in [5, 5.41) is 0. The fraction of sp³-hybridized carbons (Fsp3) is 0.200. The van der Waals surface area contributed by atoms with Crippen LogP contribution in [0.3, 0.4) is 0 Å². The molecule has 2 rings (SSSR count). The van der Waals surface area contributed by atoms with Gasteiger partial charge in [0.1, 0.15) is 0 Å². The highest BCUT2D eigenvalue weighted by Crippen LogP contribution is 2.04. The highest BCUT2D eigenvalue weighted by Gasteiger charge is 2.08. The Balaban J connectivity index is 2.63. The first-order valence-corrected chi connectivity index (χ1v) is 2.74. The summed E-state index contributed by atoms with van der Waals surface area (Å²) in [5.41, 5.74) is 2.38. The molecule has 0 bridgehead atoms. The lowest BCUT2D eigenvalue weighted by atomic mass is 10.7. The third-order valence-corrected chi connectivity index (χ3v) is 1.16. The predicted molar refractivity (Wildman–Crippen MR) is 32.2 cm³/mol. The van der Waals surface area contributed by atoms with Crippen molar-refractivity contribution < 1.29 is 4.74 Å². The van der Waals surface area contributed by atoms with Gasteiger partial charge in [0.25, 0.3) is 5.56 Å². The lowest BCUT2D eigenvalue weighted by molar-refractivity contribution is 0.355. The fourth-order valence-corrected chi connectivity index (χ4v) is 0.729. The number of ether oxygens (including phenoxy) is 1. The minimum atomic E-state index is -0.407. The molecule has 1 aliphatic heterocycles. The zero-order chi connectivity index (χ0) is 6.97. The summed E-state index contributed by atoms with van der Waals surface area (Å²) >= 11 is 0. The second-order valence-electron chi connectivity index (χ2n) is 1.79. The Morgan fingerprint density at radius 1 is 1.90 bits per heavy atom. The average Bonchev–Trinajstić information content (AvgIpc) is 2.33. The van der Waals surface area contributed by atoms with Crippen LogP contribution in [-0.2, 0) is 0 Å². The predicted octanol–water partition coefficient (Wildman–Crippen LogP) is -1.06. The topological polar surface area (TPSA) is 56.2 Å². The lowest BCUT2D eigenvalue weighted by Gasteiger charge is -1.94. The molecule has 0 spiro atoms. The van der Waals surface area contributed by atoms with Gasteiger partial charge in [0.2, 0.25) is 0 Å². The summed E-state index contributed by atoms with van der Waals surface area (Å²) in [5.74, 6) is 0. The van der Waals surface area contributed by atoms with E-state index in [9.17, 15) is 4.79 Å². The van der Waals surface area contributed by atoms with Gasteiger partial charge in [-0.3, -0.25) is 10.2 Å². The van der Waals surface area contributed by atoms with Gasteiger partial charge < -0.3 is 4.74 Å². The maximum atomic E-state index is 10.5. The van der Waals surface area contributed by atoms with Crippen LogP contribution >= 0.6 is 0 Å². The molecule has 5 heteroatoms. The first-order chi connectivity index (χ1) is 4.86. The summed E-state index contributed by atoms with van der Waals surface area (Å²) in [7, 11) is 0. The minimum absolute atomic E-state index is 0.295. The Hall–Kier alpha value is -1.52. The second-order valence-corrected chi connectivity index (χ2v) is 1.79. The molecule has 1 N–H and O–H groups in total. The Kier molecular flexibility index (Phi) is 0.913. The Labute approximate surface area is 56.2 Å². The van der Waals surface area contributed by atoms with E-state index < -0.39 is 5.56 Å². The van der Waals surface area contributed by atoms with Crippen molar-refractivity contribution in [2.24, 2.45) is 0 Å². The van der Waals surface area contributed by atoms with Crippen LogP contribution in [-0.4, -0.2) is 16.4 Å². The minimum Gasteiger partial charge on any atom is -0.441 e. The zero-order valence-corrected chi connectivity index (χ0v) is 5.00. The van der Waals surface area contributed by atoms with E-state index in [-0.39, 0.29) is 0 Å². The SMILES string of the molecule is O=c1[c]cn2c(n1)OCN2. The fourth-order valence-electron chi connectivity index (χ4n) is 0.729. The second kappa shape index (κ2) is 1.73. The van der Waals surface area contributed by atoms with Gasteiger partial charge in [0.15, 0.2) is 6.73 Å². The number of nitrogens with one attached hydrogen (secondary N) is 1. The van der Waals surface area contributed by atoms with Gasteiger partial charge in [-0.2, -0.15) is 4.98 Å². The van der Waals surface area contributed by atoms with Gasteiger partial charge in [-0.25, -0.2) is 4.68 Å². The molecule has 0 aliphatic carbocycles. The first kappa shape index (κ1) is 5.28. The van der Waals surface area contributed by atoms with Crippen molar-refractivity contribution in [1.29, 1.82) is 0 Å². The molecular weight excluding hydrogens is 134 g/mol. The number of hydrogen-bond donors (Lipinski definition) is 1. The standard InChI is InChI=1S/C5H4N3O2/c9-4-1-2-8-5(7-4)10-3-6-8/h2,6H,3H2. The maximum absolute atomic E-state index is 10.5. The molecule has 1 radical (unpaired) electrons. The molecule has 0 aromatic carbocycles. The van der Waals surface area contributed by atoms with Crippen LogP contribution in [0.15, 0.2) is 11.0 Å².